The SMILES string of the molecule is O=C(O)CCCCCCCC(O)C(O)CCCCCC(=O)O. The van der Waals surface area contributed by atoms with Gasteiger partial charge in [0.2, 0.25) is 0 Å². The average molecular weight is 318 g/mol. The summed E-state index contributed by atoms with van der Waals surface area (Å²) in [5, 5.41) is 36.6. The van der Waals surface area contributed by atoms with Crippen molar-refractivity contribution in [2.75, 3.05) is 0 Å². The third-order valence-electron chi connectivity index (χ3n) is 3.73. The Morgan fingerprint density at radius 1 is 0.591 bits per heavy atom. The second-order valence-electron chi connectivity index (χ2n) is 5.83. The molecule has 6 heteroatoms. The number of aliphatic hydroxyl groups is 2. The van der Waals surface area contributed by atoms with Crippen LogP contribution in [0.5, 0.6) is 0 Å². The summed E-state index contributed by atoms with van der Waals surface area (Å²) in [6.45, 7) is 0. The summed E-state index contributed by atoms with van der Waals surface area (Å²) >= 11 is 0. The Balaban J connectivity index is 3.43. The van der Waals surface area contributed by atoms with Gasteiger partial charge in [-0.15, -0.1) is 0 Å². The number of carboxylic acids is 2. The highest BCUT2D eigenvalue weighted by Crippen LogP contribution is 2.14. The molecule has 0 rings (SSSR count). The first kappa shape index (κ1) is 20.9. The first-order chi connectivity index (χ1) is 10.4. The van der Waals surface area contributed by atoms with Gasteiger partial charge in [0.05, 0.1) is 12.2 Å². The molecule has 0 radical (unpaired) electrons. The molecule has 22 heavy (non-hydrogen) atoms. The van der Waals surface area contributed by atoms with Crippen LogP contribution in [0, 0.1) is 0 Å². The summed E-state index contributed by atoms with van der Waals surface area (Å²) in [5.74, 6) is -1.56. The molecule has 0 aliphatic carbocycles. The molecule has 0 fully saturated rings. The maximum atomic E-state index is 10.3. The van der Waals surface area contributed by atoms with E-state index in [1.165, 1.54) is 0 Å². The van der Waals surface area contributed by atoms with E-state index in [1.54, 1.807) is 0 Å². The molecule has 0 saturated carbocycles. The number of hydrogen-bond acceptors (Lipinski definition) is 4. The van der Waals surface area contributed by atoms with Crippen LogP contribution in [0.4, 0.5) is 0 Å². The number of unbranched alkanes of at least 4 members (excludes halogenated alkanes) is 6. The van der Waals surface area contributed by atoms with Crippen LogP contribution in [0.15, 0.2) is 0 Å². The second-order valence-corrected chi connectivity index (χ2v) is 5.83. The topological polar surface area (TPSA) is 115 Å². The molecule has 0 spiro atoms. The van der Waals surface area contributed by atoms with Gasteiger partial charge in [-0.05, 0) is 25.7 Å². The van der Waals surface area contributed by atoms with Gasteiger partial charge in [-0.2, -0.15) is 0 Å². The molecule has 0 aromatic rings. The van der Waals surface area contributed by atoms with Gasteiger partial charge < -0.3 is 20.4 Å². The van der Waals surface area contributed by atoms with Gasteiger partial charge >= 0.3 is 11.9 Å². The lowest BCUT2D eigenvalue weighted by Gasteiger charge is -2.17. The van der Waals surface area contributed by atoms with E-state index < -0.39 is 24.1 Å². The van der Waals surface area contributed by atoms with E-state index in [2.05, 4.69) is 0 Å². The van der Waals surface area contributed by atoms with E-state index in [4.69, 9.17) is 10.2 Å². The largest absolute Gasteiger partial charge is 0.481 e. The Bertz CT molecular complexity index is 305. The highest BCUT2D eigenvalue weighted by molar-refractivity contribution is 5.66. The van der Waals surface area contributed by atoms with E-state index in [0.29, 0.717) is 25.7 Å². The zero-order valence-electron chi connectivity index (χ0n) is 13.2. The van der Waals surface area contributed by atoms with Crippen molar-refractivity contribution in [1.29, 1.82) is 0 Å². The molecule has 0 bridgehead atoms. The maximum absolute atomic E-state index is 10.3. The van der Waals surface area contributed by atoms with Crippen molar-refractivity contribution in [2.24, 2.45) is 0 Å². The lowest BCUT2D eigenvalue weighted by molar-refractivity contribution is -0.138. The zero-order chi connectivity index (χ0) is 16.8. The summed E-state index contributed by atoms with van der Waals surface area (Å²) in [5.41, 5.74) is 0. The number of hydrogen-bond donors (Lipinski definition) is 4. The van der Waals surface area contributed by atoms with E-state index >= 15 is 0 Å². The van der Waals surface area contributed by atoms with Crippen molar-refractivity contribution in [3.05, 3.63) is 0 Å². The van der Waals surface area contributed by atoms with E-state index in [9.17, 15) is 19.8 Å². The standard InChI is InChI=1S/C16H30O6/c17-13(9-5-2-1-3-7-11-15(19)20)14(18)10-6-4-8-12-16(21)22/h13-14,17-18H,1-12H2,(H,19,20)(H,21,22). The maximum Gasteiger partial charge on any atom is 0.303 e. The number of carbonyl (C=O) groups is 2. The third-order valence-corrected chi connectivity index (χ3v) is 3.73. The van der Waals surface area contributed by atoms with Crippen molar-refractivity contribution in [2.45, 2.75) is 89.3 Å². The zero-order valence-corrected chi connectivity index (χ0v) is 13.2. The lowest BCUT2D eigenvalue weighted by Crippen LogP contribution is -2.25. The van der Waals surface area contributed by atoms with Crippen LogP contribution in [0.25, 0.3) is 0 Å². The summed E-state index contributed by atoms with van der Waals surface area (Å²) in [4.78, 5) is 20.7. The third kappa shape index (κ3) is 13.8. The molecule has 0 aromatic carbocycles. The van der Waals surface area contributed by atoms with Crippen LogP contribution in [0.2, 0.25) is 0 Å². The molecule has 130 valence electrons. The summed E-state index contributed by atoms with van der Waals surface area (Å²) < 4.78 is 0. The van der Waals surface area contributed by atoms with Gasteiger partial charge in [0.15, 0.2) is 0 Å². The Labute approximate surface area is 132 Å². The first-order valence-electron chi connectivity index (χ1n) is 8.23. The van der Waals surface area contributed by atoms with Crippen LogP contribution < -0.4 is 0 Å². The van der Waals surface area contributed by atoms with Crippen molar-refractivity contribution in [1.82, 2.24) is 0 Å². The van der Waals surface area contributed by atoms with E-state index in [-0.39, 0.29) is 12.8 Å². The van der Waals surface area contributed by atoms with Gasteiger partial charge in [-0.3, -0.25) is 9.59 Å². The molecule has 0 heterocycles. The van der Waals surface area contributed by atoms with Crippen molar-refractivity contribution in [3.8, 4) is 0 Å². The second kappa shape index (κ2) is 13.5. The number of carboxylic acid groups (broad SMARTS) is 2. The van der Waals surface area contributed by atoms with Crippen LogP contribution in [-0.2, 0) is 9.59 Å². The number of rotatable bonds is 15. The molecule has 2 unspecified atom stereocenters. The first-order valence-corrected chi connectivity index (χ1v) is 8.23. The fourth-order valence-corrected chi connectivity index (χ4v) is 2.35. The summed E-state index contributed by atoms with van der Waals surface area (Å²) in [6, 6.07) is 0. The molecule has 6 nitrogen and oxygen atoms in total. The summed E-state index contributed by atoms with van der Waals surface area (Å²) in [7, 11) is 0. The predicted molar refractivity (Wildman–Crippen MR) is 82.7 cm³/mol. The number of aliphatic carboxylic acids is 2. The minimum atomic E-state index is -0.802. The van der Waals surface area contributed by atoms with Crippen molar-refractivity contribution >= 4 is 11.9 Å². The highest BCUT2D eigenvalue weighted by atomic mass is 16.4. The van der Waals surface area contributed by atoms with Crippen LogP contribution in [0.1, 0.15) is 77.0 Å². The lowest BCUT2D eigenvalue weighted by atomic mass is 10.00. The van der Waals surface area contributed by atoms with Gasteiger partial charge in [0.1, 0.15) is 0 Å². The minimum absolute atomic E-state index is 0.153. The molecule has 0 saturated heterocycles. The van der Waals surface area contributed by atoms with Gasteiger partial charge in [-0.1, -0.05) is 38.5 Å². The van der Waals surface area contributed by atoms with Crippen LogP contribution in [0.3, 0.4) is 0 Å². The van der Waals surface area contributed by atoms with E-state index in [0.717, 1.165) is 38.5 Å². The molecule has 0 aliphatic rings. The molecule has 0 aliphatic heterocycles. The van der Waals surface area contributed by atoms with E-state index in [1.807, 2.05) is 0 Å². The Morgan fingerprint density at radius 3 is 1.32 bits per heavy atom. The van der Waals surface area contributed by atoms with Crippen molar-refractivity contribution in [3.63, 3.8) is 0 Å². The van der Waals surface area contributed by atoms with Crippen molar-refractivity contribution < 1.29 is 30.0 Å². The summed E-state index contributed by atoms with van der Waals surface area (Å²) in [6.07, 6.45) is 6.31. The van der Waals surface area contributed by atoms with Gasteiger partial charge in [0, 0.05) is 12.8 Å². The highest BCUT2D eigenvalue weighted by Gasteiger charge is 2.15. The average Bonchev–Trinajstić information content (AvgIpc) is 2.44. The smallest absolute Gasteiger partial charge is 0.303 e. The van der Waals surface area contributed by atoms with Crippen LogP contribution in [-0.4, -0.2) is 44.6 Å². The Hall–Kier alpha value is -1.14. The number of aliphatic hydroxyl groups excluding tert-OH is 2. The quantitative estimate of drug-likeness (QED) is 0.345. The Kier molecular flexibility index (Phi) is 12.8. The van der Waals surface area contributed by atoms with Gasteiger partial charge in [0.25, 0.3) is 0 Å². The molecule has 2 atom stereocenters. The molecule has 0 amide bonds. The van der Waals surface area contributed by atoms with Crippen LogP contribution >= 0.6 is 0 Å². The normalized spacial score (nSPS) is 13.7. The predicted octanol–water partition coefficient (Wildman–Crippen LogP) is 2.56. The molecule has 4 N–H and O–H groups in total. The molecule has 0 aromatic heterocycles. The molecular weight excluding hydrogens is 288 g/mol. The molecular formula is C16H30O6. The minimum Gasteiger partial charge on any atom is -0.481 e. The fraction of sp³-hybridized carbons (Fsp3) is 0.875. The monoisotopic (exact) mass is 318 g/mol. The van der Waals surface area contributed by atoms with Gasteiger partial charge in [-0.25, -0.2) is 0 Å². The Morgan fingerprint density at radius 2 is 0.909 bits per heavy atom. The fourth-order valence-electron chi connectivity index (χ4n) is 2.35.